The third-order valence-corrected chi connectivity index (χ3v) is 3.15. The zero-order chi connectivity index (χ0) is 11.5. The van der Waals surface area contributed by atoms with Crippen LogP contribution >= 0.6 is 22.9 Å². The molecule has 1 amide bonds. The molecule has 2 rings (SSSR count). The largest absolute Gasteiger partial charge is 0.494 e. The molecule has 4 nitrogen and oxygen atoms in total. The molecular weight excluding hydrogens is 248 g/mol. The fraction of sp³-hybridized carbons (Fsp3) is 0.200. The molecule has 1 aromatic carbocycles. The Bertz CT molecular complexity index is 527. The Labute approximate surface area is 101 Å². The van der Waals surface area contributed by atoms with Gasteiger partial charge in [-0.25, -0.2) is 4.98 Å². The third-order valence-electron chi connectivity index (χ3n) is 1.97. The van der Waals surface area contributed by atoms with Crippen LogP contribution in [0.25, 0.3) is 10.2 Å². The second kappa shape index (κ2) is 4.67. The van der Waals surface area contributed by atoms with Gasteiger partial charge in [0.1, 0.15) is 17.1 Å². The highest BCUT2D eigenvalue weighted by Gasteiger charge is 2.09. The number of hydrogen-bond donors (Lipinski definition) is 1. The number of alkyl halides is 1. The van der Waals surface area contributed by atoms with Crippen molar-refractivity contribution in [2.75, 3.05) is 18.3 Å². The minimum absolute atomic E-state index is 0.0763. The van der Waals surface area contributed by atoms with Crippen molar-refractivity contribution < 1.29 is 9.53 Å². The van der Waals surface area contributed by atoms with Crippen LogP contribution in [-0.2, 0) is 4.79 Å². The number of nitrogens with one attached hydrogen (secondary N) is 1. The summed E-state index contributed by atoms with van der Waals surface area (Å²) >= 11 is 6.79. The van der Waals surface area contributed by atoms with Gasteiger partial charge in [-0.05, 0) is 12.1 Å². The molecule has 1 heterocycles. The molecule has 0 spiro atoms. The van der Waals surface area contributed by atoms with Crippen molar-refractivity contribution in [3.63, 3.8) is 0 Å². The first-order valence-corrected chi connectivity index (χ1v) is 5.89. The smallest absolute Gasteiger partial charge is 0.241 e. The molecule has 0 aliphatic carbocycles. The van der Waals surface area contributed by atoms with Crippen LogP contribution in [0.4, 0.5) is 5.13 Å². The third kappa shape index (κ3) is 2.10. The van der Waals surface area contributed by atoms with E-state index in [4.69, 9.17) is 16.3 Å². The van der Waals surface area contributed by atoms with Crippen LogP contribution in [0.1, 0.15) is 0 Å². The van der Waals surface area contributed by atoms with E-state index in [1.165, 1.54) is 11.3 Å². The summed E-state index contributed by atoms with van der Waals surface area (Å²) in [5.41, 5.74) is 0.750. The fourth-order valence-electron chi connectivity index (χ4n) is 1.29. The van der Waals surface area contributed by atoms with Crippen molar-refractivity contribution in [2.45, 2.75) is 0 Å². The monoisotopic (exact) mass is 256 g/mol. The number of para-hydroxylation sites is 1. The van der Waals surface area contributed by atoms with Gasteiger partial charge in [-0.3, -0.25) is 4.79 Å². The van der Waals surface area contributed by atoms with Gasteiger partial charge in [0.2, 0.25) is 5.91 Å². The first kappa shape index (κ1) is 11.2. The number of fused-ring (bicyclic) bond motifs is 1. The molecule has 84 valence electrons. The molecule has 0 saturated carbocycles. The Kier molecular flexibility index (Phi) is 3.26. The summed E-state index contributed by atoms with van der Waals surface area (Å²) in [6.07, 6.45) is 0. The molecule has 1 N–H and O–H groups in total. The molecule has 0 aliphatic heterocycles. The first-order valence-electron chi connectivity index (χ1n) is 4.54. The van der Waals surface area contributed by atoms with E-state index in [0.29, 0.717) is 10.9 Å². The number of halogens is 1. The van der Waals surface area contributed by atoms with Gasteiger partial charge < -0.3 is 10.1 Å². The van der Waals surface area contributed by atoms with Gasteiger partial charge >= 0.3 is 0 Å². The number of rotatable bonds is 3. The van der Waals surface area contributed by atoms with Crippen molar-refractivity contribution in [3.8, 4) is 5.75 Å². The topological polar surface area (TPSA) is 51.2 Å². The SMILES string of the molecule is COc1cccc2sc(NC(=O)CCl)nc12. The second-order valence-corrected chi connectivity index (χ2v) is 4.31. The van der Waals surface area contributed by atoms with Crippen molar-refractivity contribution >= 4 is 44.2 Å². The molecule has 0 aliphatic rings. The number of thiazole rings is 1. The van der Waals surface area contributed by atoms with Gasteiger partial charge in [0.15, 0.2) is 5.13 Å². The summed E-state index contributed by atoms with van der Waals surface area (Å²) in [6, 6.07) is 5.63. The molecular formula is C10H9ClN2O2S. The normalized spacial score (nSPS) is 10.4. The quantitative estimate of drug-likeness (QED) is 0.859. The average Bonchev–Trinajstić information content (AvgIpc) is 2.70. The summed E-state index contributed by atoms with van der Waals surface area (Å²) in [6.45, 7) is 0. The Hall–Kier alpha value is -1.33. The zero-order valence-corrected chi connectivity index (χ0v) is 10.1. The summed E-state index contributed by atoms with van der Waals surface area (Å²) in [5.74, 6) is 0.354. The minimum Gasteiger partial charge on any atom is -0.494 e. The van der Waals surface area contributed by atoms with Crippen LogP contribution in [0.2, 0.25) is 0 Å². The number of carbonyl (C=O) groups is 1. The number of carbonyl (C=O) groups excluding carboxylic acids is 1. The highest BCUT2D eigenvalue weighted by molar-refractivity contribution is 7.22. The Morgan fingerprint density at radius 1 is 1.62 bits per heavy atom. The number of aromatic nitrogens is 1. The van der Waals surface area contributed by atoms with Crippen LogP contribution in [0.3, 0.4) is 0 Å². The minimum atomic E-state index is -0.264. The summed E-state index contributed by atoms with van der Waals surface area (Å²) in [7, 11) is 1.59. The van der Waals surface area contributed by atoms with Crippen molar-refractivity contribution in [1.29, 1.82) is 0 Å². The number of benzene rings is 1. The lowest BCUT2D eigenvalue weighted by Crippen LogP contribution is -2.11. The van der Waals surface area contributed by atoms with Crippen molar-refractivity contribution in [2.24, 2.45) is 0 Å². The van der Waals surface area contributed by atoms with Gasteiger partial charge in [-0.15, -0.1) is 11.6 Å². The predicted octanol–water partition coefficient (Wildman–Crippen LogP) is 2.48. The molecule has 0 fully saturated rings. The molecule has 6 heteroatoms. The second-order valence-electron chi connectivity index (χ2n) is 3.01. The van der Waals surface area contributed by atoms with Crippen LogP contribution < -0.4 is 10.1 Å². The van der Waals surface area contributed by atoms with Crippen molar-refractivity contribution in [1.82, 2.24) is 4.98 Å². The maximum absolute atomic E-state index is 11.1. The van der Waals surface area contributed by atoms with Gasteiger partial charge in [0.25, 0.3) is 0 Å². The summed E-state index contributed by atoms with van der Waals surface area (Å²) < 4.78 is 6.14. The van der Waals surface area contributed by atoms with E-state index in [1.54, 1.807) is 7.11 Å². The molecule has 2 aromatic rings. The molecule has 16 heavy (non-hydrogen) atoms. The fourth-order valence-corrected chi connectivity index (χ4v) is 2.26. The summed E-state index contributed by atoms with van der Waals surface area (Å²) in [4.78, 5) is 15.4. The van der Waals surface area contributed by atoms with E-state index < -0.39 is 0 Å². The van der Waals surface area contributed by atoms with Gasteiger partial charge in [-0.2, -0.15) is 0 Å². The van der Waals surface area contributed by atoms with Gasteiger partial charge in [0, 0.05) is 0 Å². The zero-order valence-electron chi connectivity index (χ0n) is 8.49. The Morgan fingerprint density at radius 2 is 2.44 bits per heavy atom. The number of ether oxygens (including phenoxy) is 1. The van der Waals surface area contributed by atoms with E-state index >= 15 is 0 Å². The van der Waals surface area contributed by atoms with Crippen LogP contribution in [-0.4, -0.2) is 23.9 Å². The summed E-state index contributed by atoms with van der Waals surface area (Å²) in [5, 5.41) is 3.15. The average molecular weight is 257 g/mol. The Balaban J connectivity index is 2.39. The van der Waals surface area contributed by atoms with Gasteiger partial charge in [0.05, 0.1) is 11.8 Å². The van der Waals surface area contributed by atoms with Crippen LogP contribution in [0.15, 0.2) is 18.2 Å². The lowest BCUT2D eigenvalue weighted by Gasteiger charge is -1.98. The van der Waals surface area contributed by atoms with E-state index in [2.05, 4.69) is 10.3 Å². The number of amides is 1. The molecule has 0 saturated heterocycles. The van der Waals surface area contributed by atoms with E-state index in [0.717, 1.165) is 10.2 Å². The lowest BCUT2D eigenvalue weighted by molar-refractivity contribution is -0.113. The molecule has 1 aromatic heterocycles. The Morgan fingerprint density at radius 3 is 3.12 bits per heavy atom. The number of hydrogen-bond acceptors (Lipinski definition) is 4. The highest BCUT2D eigenvalue weighted by atomic mass is 35.5. The molecule has 0 bridgehead atoms. The van der Waals surface area contributed by atoms with Crippen LogP contribution in [0, 0.1) is 0 Å². The molecule has 0 radical (unpaired) electrons. The van der Waals surface area contributed by atoms with Crippen molar-refractivity contribution in [3.05, 3.63) is 18.2 Å². The maximum atomic E-state index is 11.1. The van der Waals surface area contributed by atoms with Crippen LogP contribution in [0.5, 0.6) is 5.75 Å². The molecule has 0 atom stereocenters. The van der Waals surface area contributed by atoms with E-state index in [1.807, 2.05) is 18.2 Å². The predicted molar refractivity (Wildman–Crippen MR) is 65.5 cm³/mol. The lowest BCUT2D eigenvalue weighted by atomic mass is 10.3. The van der Waals surface area contributed by atoms with Gasteiger partial charge in [-0.1, -0.05) is 17.4 Å². The van der Waals surface area contributed by atoms with E-state index in [9.17, 15) is 4.79 Å². The number of methoxy groups -OCH3 is 1. The van der Waals surface area contributed by atoms with E-state index in [-0.39, 0.29) is 11.8 Å². The molecule has 0 unspecified atom stereocenters. The standard InChI is InChI=1S/C10H9ClN2O2S/c1-15-6-3-2-4-7-9(6)13-10(16-7)12-8(14)5-11/h2-4H,5H2,1H3,(H,12,13,14). The first-order chi connectivity index (χ1) is 7.74. The maximum Gasteiger partial charge on any atom is 0.241 e. The highest BCUT2D eigenvalue weighted by Crippen LogP contribution is 2.31. The number of anilines is 1. The number of nitrogens with zero attached hydrogens (tertiary/aromatic N) is 1.